The molecule has 0 spiro atoms. The topological polar surface area (TPSA) is 75.1 Å². The highest BCUT2D eigenvalue weighted by Crippen LogP contribution is 2.17. The number of methoxy groups -OCH3 is 1. The smallest absolute Gasteiger partial charge is 0.248 e. The average Bonchev–Trinajstić information content (AvgIpc) is 2.64. The quantitative estimate of drug-likeness (QED) is 0.182. The molecular formula is C19H33BrN4O2. The Hall–Kier alpha value is -1.47. The molecule has 0 bridgehead atoms. The van der Waals surface area contributed by atoms with Crippen LogP contribution < -0.4 is 10.6 Å². The van der Waals surface area contributed by atoms with Gasteiger partial charge in [0.05, 0.1) is 0 Å². The van der Waals surface area contributed by atoms with E-state index < -0.39 is 0 Å². The standard InChI is InChI=1S/C19H33BrN4O2/c1-8-13(2)16(5)24-17(20)15(4)18(21-6)23-12-14(3)19(25)22-10-9-11-26-7/h12-13H,8-11H2,1-7H3,(H,21,23)(H,22,25)/b14-12+,17-15+,24-16-. The number of nitrogens with one attached hydrogen (secondary N) is 2. The van der Waals surface area contributed by atoms with E-state index in [2.05, 4.69) is 50.4 Å². The molecule has 6 nitrogen and oxygen atoms in total. The minimum Gasteiger partial charge on any atom is -0.385 e. The molecule has 148 valence electrons. The average molecular weight is 429 g/mol. The molecule has 0 aromatic rings. The molecular weight excluding hydrogens is 396 g/mol. The third kappa shape index (κ3) is 9.29. The van der Waals surface area contributed by atoms with E-state index in [1.54, 1.807) is 27.3 Å². The van der Waals surface area contributed by atoms with E-state index in [0.29, 0.717) is 30.5 Å². The van der Waals surface area contributed by atoms with Gasteiger partial charge in [-0.3, -0.25) is 9.79 Å². The molecule has 0 radical (unpaired) electrons. The van der Waals surface area contributed by atoms with Crippen LogP contribution in [-0.4, -0.2) is 44.8 Å². The highest BCUT2D eigenvalue weighted by Gasteiger charge is 2.09. The van der Waals surface area contributed by atoms with Gasteiger partial charge in [0.25, 0.3) is 0 Å². The number of amides is 1. The molecule has 26 heavy (non-hydrogen) atoms. The van der Waals surface area contributed by atoms with E-state index in [0.717, 1.165) is 28.7 Å². The van der Waals surface area contributed by atoms with Crippen molar-refractivity contribution >= 4 is 33.4 Å². The number of carbonyl (C=O) groups is 1. The summed E-state index contributed by atoms with van der Waals surface area (Å²) in [4.78, 5) is 20.9. The highest BCUT2D eigenvalue weighted by atomic mass is 79.9. The predicted octanol–water partition coefficient (Wildman–Crippen LogP) is 3.79. The second kappa shape index (κ2) is 13.7. The zero-order valence-corrected chi connectivity index (χ0v) is 18.7. The van der Waals surface area contributed by atoms with Crippen LogP contribution in [0.25, 0.3) is 0 Å². The number of aliphatic imine (C=N–C) groups is 2. The van der Waals surface area contributed by atoms with Crippen LogP contribution in [0.15, 0.2) is 31.9 Å². The maximum absolute atomic E-state index is 12.0. The van der Waals surface area contributed by atoms with Gasteiger partial charge in [0.1, 0.15) is 10.4 Å². The van der Waals surface area contributed by atoms with Crippen molar-refractivity contribution in [3.63, 3.8) is 0 Å². The molecule has 0 aromatic carbocycles. The second-order valence-corrected chi connectivity index (χ2v) is 6.88. The largest absolute Gasteiger partial charge is 0.385 e. The monoisotopic (exact) mass is 428 g/mol. The van der Waals surface area contributed by atoms with Crippen LogP contribution in [-0.2, 0) is 9.53 Å². The number of ether oxygens (including phenoxy) is 1. The fourth-order valence-corrected chi connectivity index (χ4v) is 2.35. The van der Waals surface area contributed by atoms with Gasteiger partial charge in [-0.15, -0.1) is 0 Å². The molecule has 0 rings (SSSR count). The first-order valence-corrected chi connectivity index (χ1v) is 9.66. The highest BCUT2D eigenvalue weighted by molar-refractivity contribution is 9.11. The van der Waals surface area contributed by atoms with Crippen LogP contribution in [0.1, 0.15) is 47.5 Å². The second-order valence-electron chi connectivity index (χ2n) is 6.12. The lowest BCUT2D eigenvalue weighted by atomic mass is 10.0. The van der Waals surface area contributed by atoms with E-state index in [1.807, 2.05) is 13.8 Å². The molecule has 0 saturated heterocycles. The summed E-state index contributed by atoms with van der Waals surface area (Å²) in [5.74, 6) is 0.966. The fourth-order valence-electron chi connectivity index (χ4n) is 1.88. The van der Waals surface area contributed by atoms with Gasteiger partial charge in [0.2, 0.25) is 5.91 Å². The van der Waals surface area contributed by atoms with Crippen LogP contribution in [0.4, 0.5) is 0 Å². The first-order chi connectivity index (χ1) is 12.3. The number of nitrogens with zero attached hydrogens (tertiary/aromatic N) is 2. The zero-order chi connectivity index (χ0) is 20.1. The molecule has 7 heteroatoms. The van der Waals surface area contributed by atoms with Gasteiger partial charge < -0.3 is 15.4 Å². The first-order valence-electron chi connectivity index (χ1n) is 8.87. The third-order valence-electron chi connectivity index (χ3n) is 4.08. The summed E-state index contributed by atoms with van der Waals surface area (Å²) in [6.45, 7) is 11.2. The number of carbonyl (C=O) groups excluding carboxylic acids is 1. The fraction of sp³-hybridized carbons (Fsp3) is 0.632. The summed E-state index contributed by atoms with van der Waals surface area (Å²) in [6.07, 6.45) is 3.49. The van der Waals surface area contributed by atoms with Crippen molar-refractivity contribution in [3.05, 3.63) is 22.0 Å². The van der Waals surface area contributed by atoms with E-state index in [-0.39, 0.29) is 5.91 Å². The van der Waals surface area contributed by atoms with Crippen molar-refractivity contribution in [3.8, 4) is 0 Å². The Morgan fingerprint density at radius 2 is 1.96 bits per heavy atom. The maximum Gasteiger partial charge on any atom is 0.248 e. The first kappa shape index (κ1) is 24.5. The lowest BCUT2D eigenvalue weighted by molar-refractivity contribution is -0.117. The zero-order valence-electron chi connectivity index (χ0n) is 17.1. The van der Waals surface area contributed by atoms with E-state index in [1.165, 1.54) is 0 Å². The van der Waals surface area contributed by atoms with Crippen LogP contribution in [0.5, 0.6) is 0 Å². The summed E-state index contributed by atoms with van der Waals surface area (Å²) < 4.78 is 5.70. The summed E-state index contributed by atoms with van der Waals surface area (Å²) in [5.41, 5.74) is 2.52. The molecule has 0 heterocycles. The van der Waals surface area contributed by atoms with E-state index in [4.69, 9.17) is 4.74 Å². The Morgan fingerprint density at radius 1 is 1.31 bits per heavy atom. The molecule has 0 aliphatic rings. The van der Waals surface area contributed by atoms with Gasteiger partial charge in [0.15, 0.2) is 0 Å². The number of amidine groups is 1. The molecule has 0 aromatic heterocycles. The van der Waals surface area contributed by atoms with Crippen LogP contribution in [0, 0.1) is 5.92 Å². The van der Waals surface area contributed by atoms with Gasteiger partial charge in [-0.25, -0.2) is 4.99 Å². The van der Waals surface area contributed by atoms with Gasteiger partial charge in [-0.1, -0.05) is 13.8 Å². The minimum atomic E-state index is -0.115. The summed E-state index contributed by atoms with van der Waals surface area (Å²) in [6, 6.07) is 0. The van der Waals surface area contributed by atoms with Crippen molar-refractivity contribution in [1.29, 1.82) is 0 Å². The third-order valence-corrected chi connectivity index (χ3v) is 4.85. The van der Waals surface area contributed by atoms with Crippen molar-refractivity contribution in [2.24, 2.45) is 15.9 Å². The molecule has 0 aliphatic heterocycles. The van der Waals surface area contributed by atoms with Crippen molar-refractivity contribution < 1.29 is 9.53 Å². The number of rotatable bonds is 10. The van der Waals surface area contributed by atoms with Gasteiger partial charge in [0, 0.05) is 50.4 Å². The molecule has 0 fully saturated rings. The molecule has 1 atom stereocenters. The lowest BCUT2D eigenvalue weighted by Gasteiger charge is -2.11. The Morgan fingerprint density at radius 3 is 2.50 bits per heavy atom. The SMILES string of the molecule is CCC(C)/C(C)=N\C(Br)=C(/C)C(=NC)N/C=C(\C)C(=O)NCCCOC. The minimum absolute atomic E-state index is 0.115. The molecule has 0 saturated carbocycles. The normalized spacial score (nSPS) is 15.5. The molecule has 1 unspecified atom stereocenters. The number of hydrogen-bond acceptors (Lipinski definition) is 4. The summed E-state index contributed by atoms with van der Waals surface area (Å²) >= 11 is 3.53. The maximum atomic E-state index is 12.0. The van der Waals surface area contributed by atoms with Crippen molar-refractivity contribution in [2.45, 2.75) is 47.5 Å². The Labute approximate surface area is 166 Å². The lowest BCUT2D eigenvalue weighted by Crippen LogP contribution is -2.28. The van der Waals surface area contributed by atoms with Gasteiger partial charge in [-0.2, -0.15) is 0 Å². The summed E-state index contributed by atoms with van der Waals surface area (Å²) in [7, 11) is 3.34. The summed E-state index contributed by atoms with van der Waals surface area (Å²) in [5, 5.41) is 5.94. The van der Waals surface area contributed by atoms with Crippen LogP contribution in [0.2, 0.25) is 0 Å². The van der Waals surface area contributed by atoms with Crippen molar-refractivity contribution in [2.75, 3.05) is 27.3 Å². The van der Waals surface area contributed by atoms with Crippen LogP contribution in [0.3, 0.4) is 0 Å². The van der Waals surface area contributed by atoms with E-state index >= 15 is 0 Å². The predicted molar refractivity (Wildman–Crippen MR) is 114 cm³/mol. The molecule has 2 N–H and O–H groups in total. The number of halogens is 1. The Balaban J connectivity index is 4.98. The van der Waals surface area contributed by atoms with E-state index in [9.17, 15) is 4.79 Å². The Kier molecular flexibility index (Phi) is 12.9. The van der Waals surface area contributed by atoms with Crippen LogP contribution >= 0.6 is 15.9 Å². The molecule has 0 aliphatic carbocycles. The number of hydrogen-bond donors (Lipinski definition) is 2. The van der Waals surface area contributed by atoms with Crippen molar-refractivity contribution in [1.82, 2.24) is 10.6 Å². The van der Waals surface area contributed by atoms with Gasteiger partial charge >= 0.3 is 0 Å². The van der Waals surface area contributed by atoms with Gasteiger partial charge in [-0.05, 0) is 55.5 Å². The molecule has 1 amide bonds. The Bertz CT molecular complexity index is 580.